The number of pyridine rings is 1. The Morgan fingerprint density at radius 2 is 1.92 bits per heavy atom. The molecule has 0 radical (unpaired) electrons. The number of aromatic nitrogens is 3. The first-order chi connectivity index (χ1) is 17.9. The molecule has 3 aromatic carbocycles. The molecule has 0 amide bonds. The van der Waals surface area contributed by atoms with Gasteiger partial charge in [-0.1, -0.05) is 41.9 Å². The minimum Gasteiger partial charge on any atom is -0.486 e. The van der Waals surface area contributed by atoms with E-state index in [1.165, 1.54) is 6.07 Å². The molecule has 0 atom stereocenters. The van der Waals surface area contributed by atoms with Gasteiger partial charge in [-0.2, -0.15) is 5.10 Å². The van der Waals surface area contributed by atoms with Crippen LogP contribution in [0.15, 0.2) is 91.6 Å². The minimum absolute atomic E-state index is 0.0500. The summed E-state index contributed by atoms with van der Waals surface area (Å²) in [5.74, 6) is -0.206. The molecule has 0 spiro atoms. The van der Waals surface area contributed by atoms with Gasteiger partial charge in [0.05, 0.1) is 16.6 Å². The Balaban J connectivity index is 1.52. The van der Waals surface area contributed by atoms with Gasteiger partial charge in [0.15, 0.2) is 17.3 Å². The molecule has 5 aromatic rings. The minimum atomic E-state index is -0.534. The van der Waals surface area contributed by atoms with Gasteiger partial charge in [0.2, 0.25) is 0 Å². The maximum Gasteiger partial charge on any atom is 0.166 e. The zero-order chi connectivity index (χ0) is 25.9. The van der Waals surface area contributed by atoms with E-state index in [9.17, 15) is 4.79 Å². The Morgan fingerprint density at radius 1 is 1.11 bits per heavy atom. The molecule has 0 fully saturated rings. The molecule has 5 rings (SSSR count). The van der Waals surface area contributed by atoms with Crippen LogP contribution >= 0.6 is 11.6 Å². The third-order valence-corrected chi connectivity index (χ3v) is 6.13. The second kappa shape index (κ2) is 10.2. The summed E-state index contributed by atoms with van der Waals surface area (Å²) >= 11 is 5.92. The van der Waals surface area contributed by atoms with Crippen molar-refractivity contribution in [1.82, 2.24) is 14.8 Å². The number of Topliss-reactive ketones (excluding diaryl/α,β-unsaturated/α-hetero) is 1. The first-order valence-corrected chi connectivity index (χ1v) is 11.9. The molecule has 0 aliphatic carbocycles. The fourth-order valence-corrected chi connectivity index (χ4v) is 4.18. The van der Waals surface area contributed by atoms with E-state index in [0.29, 0.717) is 38.4 Å². The number of carbonyl (C=O) groups is 1. The Morgan fingerprint density at radius 3 is 2.68 bits per heavy atom. The van der Waals surface area contributed by atoms with Crippen LogP contribution in [-0.2, 0) is 6.61 Å². The van der Waals surface area contributed by atoms with Gasteiger partial charge in [-0.15, -0.1) is 6.58 Å². The van der Waals surface area contributed by atoms with E-state index in [1.54, 1.807) is 65.5 Å². The highest BCUT2D eigenvalue weighted by molar-refractivity contribution is 6.30. The number of halogens is 2. The fraction of sp³-hybridized carbons (Fsp3) is 0.0690. The van der Waals surface area contributed by atoms with E-state index in [-0.39, 0.29) is 30.4 Å². The molecule has 2 heterocycles. The summed E-state index contributed by atoms with van der Waals surface area (Å²) in [6.45, 7) is 3.83. The van der Waals surface area contributed by atoms with Crippen LogP contribution in [0.25, 0.3) is 27.8 Å². The van der Waals surface area contributed by atoms with Gasteiger partial charge in [0.1, 0.15) is 18.1 Å². The predicted molar refractivity (Wildman–Crippen MR) is 144 cm³/mol. The number of carbonyl (C=O) groups excluding carboxylic acids is 1. The zero-order valence-corrected chi connectivity index (χ0v) is 20.5. The van der Waals surface area contributed by atoms with Crippen molar-refractivity contribution < 1.29 is 13.9 Å². The third kappa shape index (κ3) is 4.94. The molecular weight excluding hydrogens is 491 g/mol. The summed E-state index contributed by atoms with van der Waals surface area (Å²) in [5, 5.41) is 5.96. The largest absolute Gasteiger partial charge is 0.486 e. The van der Waals surface area contributed by atoms with Crippen molar-refractivity contribution in [3.05, 3.63) is 114 Å². The molecule has 0 aliphatic rings. The lowest BCUT2D eigenvalue weighted by Crippen LogP contribution is -2.02. The monoisotopic (exact) mass is 512 g/mol. The maximum absolute atomic E-state index is 15.1. The van der Waals surface area contributed by atoms with Crippen molar-refractivity contribution in [2.75, 3.05) is 5.73 Å². The van der Waals surface area contributed by atoms with Gasteiger partial charge < -0.3 is 10.5 Å². The third-order valence-electron chi connectivity index (χ3n) is 5.88. The first-order valence-electron chi connectivity index (χ1n) is 11.5. The number of hydrogen-bond acceptors (Lipinski definition) is 5. The number of ketones is 1. The molecule has 2 aromatic heterocycles. The molecule has 6 nitrogen and oxygen atoms in total. The second-order valence-corrected chi connectivity index (χ2v) is 8.81. The molecule has 2 N–H and O–H groups in total. The smallest absolute Gasteiger partial charge is 0.166 e. The zero-order valence-electron chi connectivity index (χ0n) is 19.7. The SMILES string of the molecule is C=CCC(=O)c1cccc(-n2nc(-c3ccc(OCc4ccc(Cl)cc4)c(F)c3)c3c(N)nccc32)c1. The van der Waals surface area contributed by atoms with Gasteiger partial charge in [-0.3, -0.25) is 4.79 Å². The molecular formula is C29H22ClFN4O2. The Labute approximate surface area is 217 Å². The molecule has 0 saturated heterocycles. The van der Waals surface area contributed by atoms with Crippen LogP contribution in [0.2, 0.25) is 5.02 Å². The second-order valence-electron chi connectivity index (χ2n) is 8.38. The number of hydrogen-bond donors (Lipinski definition) is 1. The van der Waals surface area contributed by atoms with Crippen molar-refractivity contribution in [2.24, 2.45) is 0 Å². The van der Waals surface area contributed by atoms with Gasteiger partial charge in [0.25, 0.3) is 0 Å². The average molecular weight is 513 g/mol. The summed E-state index contributed by atoms with van der Waals surface area (Å²) < 4.78 is 22.4. The van der Waals surface area contributed by atoms with Gasteiger partial charge >= 0.3 is 0 Å². The average Bonchev–Trinajstić information content (AvgIpc) is 3.30. The number of allylic oxidation sites excluding steroid dienone is 1. The van der Waals surface area contributed by atoms with E-state index in [1.807, 2.05) is 18.2 Å². The molecule has 184 valence electrons. The lowest BCUT2D eigenvalue weighted by Gasteiger charge is -2.09. The van der Waals surface area contributed by atoms with Crippen LogP contribution in [0.1, 0.15) is 22.3 Å². The van der Waals surface area contributed by atoms with Crippen LogP contribution in [0, 0.1) is 5.82 Å². The van der Waals surface area contributed by atoms with Crippen LogP contribution in [-0.4, -0.2) is 20.5 Å². The maximum atomic E-state index is 15.1. The van der Waals surface area contributed by atoms with Crippen LogP contribution < -0.4 is 10.5 Å². The number of nitrogens with zero attached hydrogens (tertiary/aromatic N) is 3. The van der Waals surface area contributed by atoms with E-state index in [0.717, 1.165) is 5.56 Å². The van der Waals surface area contributed by atoms with Crippen molar-refractivity contribution >= 4 is 34.1 Å². The summed E-state index contributed by atoms with van der Waals surface area (Å²) in [7, 11) is 0. The van der Waals surface area contributed by atoms with Crippen molar-refractivity contribution in [1.29, 1.82) is 0 Å². The summed E-state index contributed by atoms with van der Waals surface area (Å²) in [5.41, 5.74) is 9.97. The van der Waals surface area contributed by atoms with Crippen LogP contribution in [0.4, 0.5) is 10.2 Å². The number of benzene rings is 3. The van der Waals surface area contributed by atoms with E-state index in [2.05, 4.69) is 11.6 Å². The normalized spacial score (nSPS) is 11.0. The lowest BCUT2D eigenvalue weighted by molar-refractivity contribution is 0.0996. The van der Waals surface area contributed by atoms with Crippen LogP contribution in [0.5, 0.6) is 5.75 Å². The number of ether oxygens (including phenoxy) is 1. The summed E-state index contributed by atoms with van der Waals surface area (Å²) in [4.78, 5) is 16.6. The Hall–Kier alpha value is -4.49. The van der Waals surface area contributed by atoms with E-state index < -0.39 is 5.82 Å². The Bertz CT molecular complexity index is 1630. The highest BCUT2D eigenvalue weighted by Gasteiger charge is 2.19. The number of rotatable bonds is 8. The van der Waals surface area contributed by atoms with Crippen molar-refractivity contribution in [2.45, 2.75) is 13.0 Å². The van der Waals surface area contributed by atoms with Gasteiger partial charge in [0, 0.05) is 28.8 Å². The standard InChI is InChI=1S/C29H22ClFN4O2/c1-2-4-25(36)19-5-3-6-22(15-19)35-24-13-14-33-29(32)27(24)28(34-35)20-9-12-26(23(31)16-20)37-17-18-7-10-21(30)11-8-18/h2-3,5-16H,1,4,17H2,(H2,32,33). The summed E-state index contributed by atoms with van der Waals surface area (Å²) in [6, 6.07) is 20.7. The van der Waals surface area contributed by atoms with E-state index >= 15 is 4.39 Å². The number of fused-ring (bicyclic) bond motifs is 1. The molecule has 0 unspecified atom stereocenters. The molecule has 0 bridgehead atoms. The molecule has 0 saturated carbocycles. The quantitative estimate of drug-likeness (QED) is 0.182. The van der Waals surface area contributed by atoms with E-state index in [4.69, 9.17) is 27.2 Å². The molecule has 8 heteroatoms. The highest BCUT2D eigenvalue weighted by Crippen LogP contribution is 2.34. The van der Waals surface area contributed by atoms with Gasteiger partial charge in [-0.05, 0) is 54.1 Å². The van der Waals surface area contributed by atoms with Gasteiger partial charge in [-0.25, -0.2) is 14.1 Å². The highest BCUT2D eigenvalue weighted by atomic mass is 35.5. The predicted octanol–water partition coefficient (Wildman–Crippen LogP) is 6.80. The fourth-order valence-electron chi connectivity index (χ4n) is 4.06. The topological polar surface area (TPSA) is 83.0 Å². The van der Waals surface area contributed by atoms with Crippen LogP contribution in [0.3, 0.4) is 0 Å². The molecule has 37 heavy (non-hydrogen) atoms. The number of nitrogens with two attached hydrogens (primary N) is 1. The number of anilines is 1. The van der Waals surface area contributed by atoms with Crippen molar-refractivity contribution in [3.63, 3.8) is 0 Å². The molecule has 0 aliphatic heterocycles. The van der Waals surface area contributed by atoms with Crippen molar-refractivity contribution in [3.8, 4) is 22.7 Å². The Kier molecular flexibility index (Phi) is 6.70. The number of nitrogen functional groups attached to an aromatic ring is 1. The lowest BCUT2D eigenvalue weighted by atomic mass is 10.1. The first kappa shape index (κ1) is 24.2. The summed E-state index contributed by atoms with van der Waals surface area (Å²) in [6.07, 6.45) is 3.39.